The number of hydrogen-bond donors (Lipinski definition) is 1. The molecule has 0 saturated heterocycles. The zero-order valence-corrected chi connectivity index (χ0v) is 18.9. The molecule has 4 heterocycles. The van der Waals surface area contributed by atoms with Crippen LogP contribution < -0.4 is 0 Å². The summed E-state index contributed by atoms with van der Waals surface area (Å²) in [5.41, 5.74) is 4.56. The predicted octanol–water partition coefficient (Wildman–Crippen LogP) is 5.52. The van der Waals surface area contributed by atoms with Crippen LogP contribution in [0.25, 0.3) is 32.5 Å². The largest absolute Gasteiger partial charge is 0.358 e. The van der Waals surface area contributed by atoms with Crippen LogP contribution in [0.15, 0.2) is 71.1 Å². The molecule has 1 aliphatic rings. The van der Waals surface area contributed by atoms with E-state index in [1.165, 1.54) is 28.4 Å². The Hall–Kier alpha value is -3.16. The van der Waals surface area contributed by atoms with Crippen LogP contribution in [0.3, 0.4) is 0 Å². The van der Waals surface area contributed by atoms with Crippen molar-refractivity contribution in [3.8, 4) is 10.7 Å². The van der Waals surface area contributed by atoms with Gasteiger partial charge < -0.3 is 9.88 Å². The number of hydrogen-bond acceptors (Lipinski definition) is 5. The van der Waals surface area contributed by atoms with E-state index in [1.54, 1.807) is 11.3 Å². The van der Waals surface area contributed by atoms with Crippen molar-refractivity contribution in [2.45, 2.75) is 18.0 Å². The Morgan fingerprint density at radius 1 is 1.03 bits per heavy atom. The van der Waals surface area contributed by atoms with Gasteiger partial charge >= 0.3 is 0 Å². The first-order valence-corrected chi connectivity index (χ1v) is 12.4. The van der Waals surface area contributed by atoms with Gasteiger partial charge in [-0.2, -0.15) is 0 Å². The van der Waals surface area contributed by atoms with Gasteiger partial charge in [0, 0.05) is 47.1 Å². The Kier molecular flexibility index (Phi) is 4.92. The lowest BCUT2D eigenvalue weighted by molar-refractivity contribution is -0.129. The molecule has 7 heteroatoms. The van der Waals surface area contributed by atoms with Crippen LogP contribution in [0, 0.1) is 0 Å². The quantitative estimate of drug-likeness (QED) is 0.286. The summed E-state index contributed by atoms with van der Waals surface area (Å²) < 4.78 is 0. The van der Waals surface area contributed by atoms with E-state index in [1.807, 2.05) is 52.7 Å². The Morgan fingerprint density at radius 2 is 1.88 bits per heavy atom. The molecule has 0 aliphatic carbocycles. The smallest absolute Gasteiger partial charge is 0.233 e. The lowest BCUT2D eigenvalue weighted by atomic mass is 10.0. The number of benzene rings is 2. The first-order chi connectivity index (χ1) is 15.8. The van der Waals surface area contributed by atoms with Gasteiger partial charge in [0.25, 0.3) is 0 Å². The fraction of sp³-hybridized carbons (Fsp3) is 0.160. The predicted molar refractivity (Wildman–Crippen MR) is 131 cm³/mol. The molecule has 32 heavy (non-hydrogen) atoms. The zero-order chi connectivity index (χ0) is 21.5. The van der Waals surface area contributed by atoms with Gasteiger partial charge in [-0.25, -0.2) is 9.97 Å². The van der Waals surface area contributed by atoms with Crippen molar-refractivity contribution in [2.24, 2.45) is 0 Å². The number of H-pyrrole nitrogens is 1. The van der Waals surface area contributed by atoms with Crippen LogP contribution in [0.4, 0.5) is 0 Å². The third kappa shape index (κ3) is 3.47. The SMILES string of the molecule is O=C(CSc1nc(-c2cccs2)nc2ccccc12)N1CCc2[nH]c3ccccc3c2C1. The molecule has 0 bridgehead atoms. The summed E-state index contributed by atoms with van der Waals surface area (Å²) >= 11 is 3.13. The summed E-state index contributed by atoms with van der Waals surface area (Å²) in [6, 6.07) is 20.4. The number of carbonyl (C=O) groups is 1. The molecule has 1 N–H and O–H groups in total. The number of nitrogens with one attached hydrogen (secondary N) is 1. The number of para-hydroxylation sites is 2. The van der Waals surface area contributed by atoms with Gasteiger partial charge in [-0.3, -0.25) is 4.79 Å². The minimum Gasteiger partial charge on any atom is -0.358 e. The van der Waals surface area contributed by atoms with Gasteiger partial charge in [0.05, 0.1) is 16.1 Å². The summed E-state index contributed by atoms with van der Waals surface area (Å²) in [7, 11) is 0. The first-order valence-electron chi connectivity index (χ1n) is 10.6. The second kappa shape index (κ2) is 8.07. The number of aromatic nitrogens is 3. The van der Waals surface area contributed by atoms with Crippen molar-refractivity contribution in [1.29, 1.82) is 0 Å². The molecule has 3 aromatic heterocycles. The average molecular weight is 457 g/mol. The number of fused-ring (bicyclic) bond motifs is 4. The summed E-state index contributed by atoms with van der Waals surface area (Å²) in [5, 5.41) is 5.09. The van der Waals surface area contributed by atoms with Crippen molar-refractivity contribution in [2.75, 3.05) is 12.3 Å². The van der Waals surface area contributed by atoms with E-state index in [-0.39, 0.29) is 5.91 Å². The molecule has 0 saturated carbocycles. The Labute approximate surface area is 193 Å². The topological polar surface area (TPSA) is 61.9 Å². The Morgan fingerprint density at radius 3 is 2.75 bits per heavy atom. The van der Waals surface area contributed by atoms with E-state index in [4.69, 9.17) is 9.97 Å². The third-order valence-electron chi connectivity index (χ3n) is 5.88. The molecule has 0 unspecified atom stereocenters. The fourth-order valence-electron chi connectivity index (χ4n) is 4.27. The molecule has 5 nitrogen and oxygen atoms in total. The minimum absolute atomic E-state index is 0.145. The highest BCUT2D eigenvalue weighted by Crippen LogP contribution is 2.31. The summed E-state index contributed by atoms with van der Waals surface area (Å²) in [4.78, 5) is 29.2. The normalized spacial score (nSPS) is 13.6. The van der Waals surface area contributed by atoms with E-state index in [0.29, 0.717) is 12.3 Å². The number of aromatic amines is 1. The highest BCUT2D eigenvalue weighted by molar-refractivity contribution is 8.00. The second-order valence-corrected chi connectivity index (χ2v) is 9.74. The van der Waals surface area contributed by atoms with Gasteiger partial charge in [-0.05, 0) is 23.6 Å². The molecule has 6 rings (SSSR count). The summed E-state index contributed by atoms with van der Waals surface area (Å²) in [6.07, 6.45) is 0.860. The molecule has 5 aromatic rings. The Balaban J connectivity index is 1.24. The van der Waals surface area contributed by atoms with Crippen molar-refractivity contribution in [3.63, 3.8) is 0 Å². The number of carbonyl (C=O) groups excluding carboxylic acids is 1. The number of nitrogens with zero attached hydrogens (tertiary/aromatic N) is 3. The molecule has 0 fully saturated rings. The van der Waals surface area contributed by atoms with Crippen molar-refractivity contribution < 1.29 is 4.79 Å². The monoisotopic (exact) mass is 456 g/mol. The number of rotatable bonds is 4. The maximum Gasteiger partial charge on any atom is 0.233 e. The highest BCUT2D eigenvalue weighted by Gasteiger charge is 2.24. The van der Waals surface area contributed by atoms with E-state index < -0.39 is 0 Å². The van der Waals surface area contributed by atoms with E-state index in [0.717, 1.165) is 45.1 Å². The molecular formula is C25H20N4OS2. The maximum atomic E-state index is 13.1. The fourth-order valence-corrected chi connectivity index (χ4v) is 5.85. The van der Waals surface area contributed by atoms with Gasteiger partial charge in [0.2, 0.25) is 5.91 Å². The standard InChI is InChI=1S/C25H20N4OS2/c30-23(29-12-11-21-18(14-29)16-6-1-3-8-19(16)26-21)15-32-25-17-7-2-4-9-20(17)27-24(28-25)22-10-5-13-31-22/h1-10,13,26H,11-12,14-15H2. The lowest BCUT2D eigenvalue weighted by Gasteiger charge is -2.27. The van der Waals surface area contributed by atoms with E-state index in [2.05, 4.69) is 23.2 Å². The number of thiophene rings is 1. The zero-order valence-electron chi connectivity index (χ0n) is 17.2. The first kappa shape index (κ1) is 19.5. The maximum absolute atomic E-state index is 13.1. The molecule has 2 aromatic carbocycles. The van der Waals surface area contributed by atoms with E-state index in [9.17, 15) is 4.79 Å². The second-order valence-electron chi connectivity index (χ2n) is 7.83. The number of amides is 1. The minimum atomic E-state index is 0.145. The van der Waals surface area contributed by atoms with Crippen molar-refractivity contribution in [3.05, 3.63) is 77.3 Å². The van der Waals surface area contributed by atoms with Gasteiger partial charge in [-0.1, -0.05) is 54.2 Å². The van der Waals surface area contributed by atoms with Crippen LogP contribution in [0.1, 0.15) is 11.3 Å². The third-order valence-corrected chi connectivity index (χ3v) is 7.72. The average Bonchev–Trinajstić information content (AvgIpc) is 3.50. The number of thioether (sulfide) groups is 1. The highest BCUT2D eigenvalue weighted by atomic mass is 32.2. The van der Waals surface area contributed by atoms with Crippen LogP contribution in [-0.4, -0.2) is 38.1 Å². The van der Waals surface area contributed by atoms with Crippen molar-refractivity contribution >= 4 is 50.8 Å². The van der Waals surface area contributed by atoms with E-state index >= 15 is 0 Å². The van der Waals surface area contributed by atoms with Crippen LogP contribution >= 0.6 is 23.1 Å². The molecular weight excluding hydrogens is 436 g/mol. The molecule has 1 amide bonds. The van der Waals surface area contributed by atoms with Gasteiger partial charge in [-0.15, -0.1) is 11.3 Å². The molecule has 1 aliphatic heterocycles. The van der Waals surface area contributed by atoms with Gasteiger partial charge in [0.1, 0.15) is 5.03 Å². The van der Waals surface area contributed by atoms with Crippen molar-refractivity contribution in [1.82, 2.24) is 19.9 Å². The van der Waals surface area contributed by atoms with Crippen LogP contribution in [0.5, 0.6) is 0 Å². The van der Waals surface area contributed by atoms with Crippen LogP contribution in [-0.2, 0) is 17.8 Å². The molecule has 0 spiro atoms. The van der Waals surface area contributed by atoms with Crippen LogP contribution in [0.2, 0.25) is 0 Å². The Bertz CT molecular complexity index is 1440. The molecule has 0 radical (unpaired) electrons. The lowest BCUT2D eigenvalue weighted by Crippen LogP contribution is -2.36. The summed E-state index contributed by atoms with van der Waals surface area (Å²) in [5.74, 6) is 1.23. The van der Waals surface area contributed by atoms with Gasteiger partial charge in [0.15, 0.2) is 5.82 Å². The molecule has 158 valence electrons. The summed E-state index contributed by atoms with van der Waals surface area (Å²) in [6.45, 7) is 1.40. The molecule has 0 atom stereocenters.